The normalized spacial score (nSPS) is 12.1. The molecular formula is C19H16F3N7O3. The first kappa shape index (κ1) is 22.4. The molecule has 1 atom stereocenters. The van der Waals surface area contributed by atoms with E-state index in [1.54, 1.807) is 0 Å². The van der Waals surface area contributed by atoms with Crippen molar-refractivity contribution in [1.82, 2.24) is 20.2 Å². The van der Waals surface area contributed by atoms with Crippen molar-refractivity contribution in [3.8, 4) is 22.9 Å². The minimum absolute atomic E-state index is 0.00543. The number of nitrogens with two attached hydrogens (primary N) is 2. The lowest BCUT2D eigenvalue weighted by molar-refractivity contribution is -0.137. The lowest BCUT2D eigenvalue weighted by Gasteiger charge is -2.15. The standard InChI is InChI=1S/C19H16F3N7O3/c1-9(16(23)30)27-15-7-13(17(24)31)28-18(29-15)32-14-3-2-11(19(20,21)22)6-12(14)10-4-5-25-26-8-10/h2-9H,1H3,(H2,23,30)(H2,24,31)(H,27,28,29). The number of aromatic nitrogens is 4. The summed E-state index contributed by atoms with van der Waals surface area (Å²) in [5.74, 6) is -1.67. The van der Waals surface area contributed by atoms with Gasteiger partial charge >= 0.3 is 12.2 Å². The molecule has 32 heavy (non-hydrogen) atoms. The first-order chi connectivity index (χ1) is 15.0. The fourth-order valence-corrected chi connectivity index (χ4v) is 2.53. The second kappa shape index (κ2) is 8.83. The Labute approximate surface area is 178 Å². The highest BCUT2D eigenvalue weighted by Crippen LogP contribution is 2.38. The van der Waals surface area contributed by atoms with Crippen molar-refractivity contribution >= 4 is 17.6 Å². The van der Waals surface area contributed by atoms with E-state index in [-0.39, 0.29) is 28.4 Å². The van der Waals surface area contributed by atoms with E-state index in [4.69, 9.17) is 16.2 Å². The Kier molecular flexibility index (Phi) is 6.18. The molecule has 0 bridgehead atoms. The minimum atomic E-state index is -4.60. The van der Waals surface area contributed by atoms with Gasteiger partial charge in [-0.15, -0.1) is 0 Å². The molecule has 3 aromatic rings. The Hall–Kier alpha value is -4.29. The minimum Gasteiger partial charge on any atom is -0.424 e. The SMILES string of the molecule is CC(Nc1cc(C(N)=O)nc(Oc2ccc(C(F)(F)F)cc2-c2ccnnc2)n1)C(N)=O. The fourth-order valence-electron chi connectivity index (χ4n) is 2.53. The average Bonchev–Trinajstić information content (AvgIpc) is 2.73. The number of hydrogen-bond donors (Lipinski definition) is 3. The zero-order valence-corrected chi connectivity index (χ0v) is 16.4. The smallest absolute Gasteiger partial charge is 0.416 e. The number of carbonyl (C=O) groups is 2. The molecule has 0 radical (unpaired) electrons. The van der Waals surface area contributed by atoms with E-state index in [1.165, 1.54) is 31.5 Å². The van der Waals surface area contributed by atoms with Gasteiger partial charge in [0.25, 0.3) is 5.91 Å². The Morgan fingerprint density at radius 2 is 1.84 bits per heavy atom. The van der Waals surface area contributed by atoms with Crippen LogP contribution < -0.4 is 21.5 Å². The topological polar surface area (TPSA) is 159 Å². The van der Waals surface area contributed by atoms with E-state index in [9.17, 15) is 22.8 Å². The third kappa shape index (κ3) is 5.24. The molecule has 2 aromatic heterocycles. The van der Waals surface area contributed by atoms with Crippen molar-refractivity contribution < 1.29 is 27.5 Å². The van der Waals surface area contributed by atoms with Gasteiger partial charge in [0.05, 0.1) is 18.0 Å². The van der Waals surface area contributed by atoms with Gasteiger partial charge in [-0.05, 0) is 31.2 Å². The Morgan fingerprint density at radius 1 is 1.09 bits per heavy atom. The summed E-state index contributed by atoms with van der Waals surface area (Å²) in [6.45, 7) is 1.46. The van der Waals surface area contributed by atoms with Crippen molar-refractivity contribution in [2.75, 3.05) is 5.32 Å². The molecule has 10 nitrogen and oxygen atoms in total. The number of nitrogens with zero attached hydrogens (tertiary/aromatic N) is 4. The summed E-state index contributed by atoms with van der Waals surface area (Å²) in [5.41, 5.74) is 9.63. The maximum absolute atomic E-state index is 13.2. The quantitative estimate of drug-likeness (QED) is 0.497. The van der Waals surface area contributed by atoms with Gasteiger partial charge in [-0.3, -0.25) is 9.59 Å². The van der Waals surface area contributed by atoms with E-state index >= 15 is 0 Å². The summed E-state index contributed by atoms with van der Waals surface area (Å²) in [6.07, 6.45) is -2.04. The Balaban J connectivity index is 2.06. The number of alkyl halides is 3. The van der Waals surface area contributed by atoms with Crippen LogP contribution in [-0.2, 0) is 11.0 Å². The monoisotopic (exact) mass is 447 g/mol. The number of nitrogens with one attached hydrogen (secondary N) is 1. The molecule has 0 aliphatic rings. The lowest BCUT2D eigenvalue weighted by atomic mass is 10.0. The summed E-state index contributed by atoms with van der Waals surface area (Å²) >= 11 is 0. The van der Waals surface area contributed by atoms with Crippen LogP contribution in [0.15, 0.2) is 42.7 Å². The third-order valence-electron chi connectivity index (χ3n) is 4.15. The predicted molar refractivity (Wildman–Crippen MR) is 105 cm³/mol. The summed E-state index contributed by atoms with van der Waals surface area (Å²) in [4.78, 5) is 30.8. The van der Waals surface area contributed by atoms with Crippen molar-refractivity contribution in [3.63, 3.8) is 0 Å². The number of hydrogen-bond acceptors (Lipinski definition) is 8. The molecule has 13 heteroatoms. The number of anilines is 1. The highest BCUT2D eigenvalue weighted by atomic mass is 19.4. The number of carbonyl (C=O) groups excluding carboxylic acids is 2. The van der Waals surface area contributed by atoms with Crippen LogP contribution >= 0.6 is 0 Å². The highest BCUT2D eigenvalue weighted by molar-refractivity contribution is 5.91. The van der Waals surface area contributed by atoms with Gasteiger partial charge in [-0.1, -0.05) is 0 Å². The summed E-state index contributed by atoms with van der Waals surface area (Å²) < 4.78 is 45.3. The van der Waals surface area contributed by atoms with Gasteiger partial charge in [0, 0.05) is 17.2 Å². The van der Waals surface area contributed by atoms with E-state index in [0.29, 0.717) is 0 Å². The van der Waals surface area contributed by atoms with E-state index in [1.807, 2.05) is 0 Å². The number of primary amides is 2. The average molecular weight is 447 g/mol. The number of benzene rings is 1. The second-order valence-electron chi connectivity index (χ2n) is 6.50. The van der Waals surface area contributed by atoms with E-state index < -0.39 is 35.6 Å². The summed E-state index contributed by atoms with van der Waals surface area (Å²) in [6, 6.07) is 4.13. The maximum Gasteiger partial charge on any atom is 0.416 e. The van der Waals surface area contributed by atoms with Crippen LogP contribution in [0.5, 0.6) is 11.8 Å². The van der Waals surface area contributed by atoms with Crippen LogP contribution in [0.3, 0.4) is 0 Å². The number of halogens is 3. The van der Waals surface area contributed by atoms with Gasteiger partial charge in [-0.25, -0.2) is 0 Å². The fraction of sp³-hybridized carbons (Fsp3) is 0.158. The van der Waals surface area contributed by atoms with Gasteiger partial charge < -0.3 is 21.5 Å². The molecule has 2 heterocycles. The maximum atomic E-state index is 13.2. The highest BCUT2D eigenvalue weighted by Gasteiger charge is 2.31. The van der Waals surface area contributed by atoms with Crippen molar-refractivity contribution in [2.24, 2.45) is 11.5 Å². The number of ether oxygens (including phenoxy) is 1. The van der Waals surface area contributed by atoms with Crippen molar-refractivity contribution in [2.45, 2.75) is 19.1 Å². The molecule has 166 valence electrons. The molecule has 0 spiro atoms. The van der Waals surface area contributed by atoms with Gasteiger partial charge in [0.1, 0.15) is 23.3 Å². The molecule has 0 fully saturated rings. The molecule has 3 rings (SSSR count). The molecule has 5 N–H and O–H groups in total. The third-order valence-corrected chi connectivity index (χ3v) is 4.15. The largest absolute Gasteiger partial charge is 0.424 e. The molecule has 0 saturated carbocycles. The van der Waals surface area contributed by atoms with E-state index in [0.717, 1.165) is 18.2 Å². The Bertz CT molecular complexity index is 1160. The summed E-state index contributed by atoms with van der Waals surface area (Å²) in [5, 5.41) is 9.93. The molecular weight excluding hydrogens is 431 g/mol. The molecule has 1 unspecified atom stereocenters. The number of amides is 2. The van der Waals surface area contributed by atoms with Crippen molar-refractivity contribution in [1.29, 1.82) is 0 Å². The second-order valence-corrected chi connectivity index (χ2v) is 6.50. The first-order valence-electron chi connectivity index (χ1n) is 8.95. The van der Waals surface area contributed by atoms with Gasteiger partial charge in [0.15, 0.2) is 0 Å². The van der Waals surface area contributed by atoms with Crippen LogP contribution in [0.25, 0.3) is 11.1 Å². The first-order valence-corrected chi connectivity index (χ1v) is 8.95. The van der Waals surface area contributed by atoms with Crippen LogP contribution in [0.2, 0.25) is 0 Å². The van der Waals surface area contributed by atoms with Crippen LogP contribution in [0.4, 0.5) is 19.0 Å². The molecule has 0 aliphatic heterocycles. The summed E-state index contributed by atoms with van der Waals surface area (Å²) in [7, 11) is 0. The lowest BCUT2D eigenvalue weighted by Crippen LogP contribution is -2.33. The predicted octanol–water partition coefficient (Wildman–Crippen LogP) is 2.13. The molecule has 1 aromatic carbocycles. The number of rotatable bonds is 7. The Morgan fingerprint density at radius 3 is 2.44 bits per heavy atom. The molecule has 2 amide bonds. The van der Waals surface area contributed by atoms with Gasteiger partial charge in [-0.2, -0.15) is 33.3 Å². The zero-order valence-electron chi connectivity index (χ0n) is 16.4. The van der Waals surface area contributed by atoms with Crippen LogP contribution in [0, 0.1) is 0 Å². The van der Waals surface area contributed by atoms with Gasteiger partial charge in [0.2, 0.25) is 5.91 Å². The van der Waals surface area contributed by atoms with E-state index in [2.05, 4.69) is 25.5 Å². The molecule has 0 aliphatic carbocycles. The van der Waals surface area contributed by atoms with Crippen LogP contribution in [0.1, 0.15) is 23.0 Å². The zero-order chi connectivity index (χ0) is 23.5. The molecule has 0 saturated heterocycles. The van der Waals surface area contributed by atoms with Crippen molar-refractivity contribution in [3.05, 3.63) is 54.0 Å². The van der Waals surface area contributed by atoms with Crippen LogP contribution in [-0.4, -0.2) is 38.0 Å².